The molecule has 0 bridgehead atoms. The summed E-state index contributed by atoms with van der Waals surface area (Å²) in [4.78, 5) is 29.2. The minimum atomic E-state index is -0.0120. The van der Waals surface area contributed by atoms with Crippen LogP contribution in [0.2, 0.25) is 0 Å². The maximum absolute atomic E-state index is 12.9. The van der Waals surface area contributed by atoms with Crippen molar-refractivity contribution in [2.45, 2.75) is 0 Å². The molecule has 0 saturated carbocycles. The number of nitrogens with zero attached hydrogens (tertiary/aromatic N) is 10. The Morgan fingerprint density at radius 1 is 0.778 bits per heavy atom. The Morgan fingerprint density at radius 3 is 1.94 bits per heavy atom. The van der Waals surface area contributed by atoms with Crippen LogP contribution in [0.25, 0.3) is 9.69 Å². The summed E-state index contributed by atoms with van der Waals surface area (Å²) in [6.45, 7) is 22.6. The van der Waals surface area contributed by atoms with Gasteiger partial charge in [-0.25, -0.2) is 28.2 Å². The number of nitrogens with one attached hydrogen (secondary N) is 2. The van der Waals surface area contributed by atoms with Crippen LogP contribution in [0, 0.1) is 47.1 Å². The van der Waals surface area contributed by atoms with Crippen LogP contribution in [0.3, 0.4) is 0 Å². The molecule has 1 fully saturated rings. The van der Waals surface area contributed by atoms with E-state index in [1.165, 1.54) is 0 Å². The zero-order valence-electron chi connectivity index (χ0n) is 20.9. The molecule has 0 aliphatic carbocycles. The number of amides is 2. The van der Waals surface area contributed by atoms with Gasteiger partial charge in [0.25, 0.3) is 13.3 Å². The Bertz CT molecular complexity index is 830. The molecule has 1 saturated heterocycles. The standard InChI is InChI=1S/C23H36N12O/c1-27-21-30-8-12-33(22-28-2)16-18-35-20-19-34(23(35)36)17-15-32(11-7-29-6-3-24)14-13-31(9-4-25)10-5-26/h29-30H,6-22H2. The highest BCUT2D eigenvalue weighted by Crippen LogP contribution is 2.09. The smallest absolute Gasteiger partial charge is 0.320 e. The largest absolute Gasteiger partial charge is 0.322 e. The van der Waals surface area contributed by atoms with E-state index in [0.29, 0.717) is 78.5 Å². The highest BCUT2D eigenvalue weighted by molar-refractivity contribution is 5.76. The highest BCUT2D eigenvalue weighted by atomic mass is 16.2. The van der Waals surface area contributed by atoms with E-state index >= 15 is 0 Å². The molecular weight excluding hydrogens is 460 g/mol. The highest BCUT2D eigenvalue weighted by Gasteiger charge is 2.28. The van der Waals surface area contributed by atoms with E-state index in [1.54, 1.807) is 4.90 Å². The van der Waals surface area contributed by atoms with Crippen LogP contribution in [0.15, 0.2) is 0 Å². The van der Waals surface area contributed by atoms with Crippen molar-refractivity contribution in [3.05, 3.63) is 22.8 Å². The number of nitriles is 3. The van der Waals surface area contributed by atoms with Crippen molar-refractivity contribution in [1.29, 1.82) is 15.8 Å². The lowest BCUT2D eigenvalue weighted by atomic mass is 10.3. The Balaban J connectivity index is 2.54. The zero-order valence-corrected chi connectivity index (χ0v) is 20.9. The van der Waals surface area contributed by atoms with Gasteiger partial charge in [-0.05, 0) is 0 Å². The zero-order chi connectivity index (χ0) is 26.4. The molecule has 2 N–H and O–H groups in total. The maximum atomic E-state index is 12.9. The number of carbonyl (C=O) groups is 1. The summed E-state index contributed by atoms with van der Waals surface area (Å²) in [6.07, 6.45) is 0. The minimum absolute atomic E-state index is 0.0120. The van der Waals surface area contributed by atoms with E-state index in [-0.39, 0.29) is 39.0 Å². The third-order valence-electron chi connectivity index (χ3n) is 5.75. The molecule has 1 aliphatic heterocycles. The van der Waals surface area contributed by atoms with Crippen LogP contribution >= 0.6 is 0 Å². The summed E-state index contributed by atoms with van der Waals surface area (Å²) in [6, 6.07) is 6.21. The van der Waals surface area contributed by atoms with Crippen molar-refractivity contribution in [3.8, 4) is 18.2 Å². The molecule has 1 rings (SSSR count). The van der Waals surface area contributed by atoms with Crippen molar-refractivity contribution in [2.75, 3.05) is 112 Å². The Hall–Kier alpha value is -3.48. The van der Waals surface area contributed by atoms with E-state index in [2.05, 4.69) is 43.4 Å². The van der Waals surface area contributed by atoms with Gasteiger partial charge in [0.1, 0.15) is 0 Å². The van der Waals surface area contributed by atoms with Crippen LogP contribution in [0.1, 0.15) is 0 Å². The van der Waals surface area contributed by atoms with Crippen LogP contribution in [0.5, 0.6) is 0 Å². The molecular formula is C23H36N12O. The molecule has 0 atom stereocenters. The number of hydrogen-bond acceptors (Lipinski definition) is 9. The average molecular weight is 497 g/mol. The third kappa shape index (κ3) is 12.8. The van der Waals surface area contributed by atoms with Crippen molar-refractivity contribution in [2.24, 2.45) is 0 Å². The van der Waals surface area contributed by atoms with Gasteiger partial charge in [0.2, 0.25) is 0 Å². The van der Waals surface area contributed by atoms with E-state index in [0.717, 1.165) is 0 Å². The first-order valence-corrected chi connectivity index (χ1v) is 12.0. The molecule has 0 unspecified atom stereocenters. The molecule has 0 radical (unpaired) electrons. The Morgan fingerprint density at radius 2 is 1.36 bits per heavy atom. The van der Waals surface area contributed by atoms with Crippen LogP contribution in [-0.4, -0.2) is 142 Å². The molecule has 0 spiro atoms. The van der Waals surface area contributed by atoms with Crippen molar-refractivity contribution < 1.29 is 4.79 Å². The van der Waals surface area contributed by atoms with E-state index in [1.807, 2.05) is 14.7 Å². The summed E-state index contributed by atoms with van der Waals surface area (Å²) < 4.78 is 0. The lowest BCUT2D eigenvalue weighted by Gasteiger charge is -2.27. The van der Waals surface area contributed by atoms with Crippen molar-refractivity contribution in [3.63, 3.8) is 0 Å². The van der Waals surface area contributed by atoms with Gasteiger partial charge in [-0.15, -0.1) is 0 Å². The van der Waals surface area contributed by atoms with Crippen LogP contribution in [0.4, 0.5) is 4.79 Å². The monoisotopic (exact) mass is 496 g/mol. The van der Waals surface area contributed by atoms with Crippen molar-refractivity contribution in [1.82, 2.24) is 35.1 Å². The van der Waals surface area contributed by atoms with Crippen LogP contribution < -0.4 is 10.6 Å². The second-order valence-electron chi connectivity index (χ2n) is 8.19. The van der Waals surface area contributed by atoms with Gasteiger partial charge in [0.15, 0.2) is 0 Å². The molecule has 36 heavy (non-hydrogen) atoms. The molecule has 194 valence electrons. The predicted octanol–water partition coefficient (Wildman–Crippen LogP) is -0.866. The summed E-state index contributed by atoms with van der Waals surface area (Å²) in [5, 5.41) is 32.7. The second-order valence-corrected chi connectivity index (χ2v) is 8.19. The quantitative estimate of drug-likeness (QED) is 0.125. The number of rotatable bonds is 20. The van der Waals surface area contributed by atoms with Gasteiger partial charge < -0.3 is 15.1 Å². The fourth-order valence-electron chi connectivity index (χ4n) is 3.71. The van der Waals surface area contributed by atoms with Gasteiger partial charge >= 0.3 is 6.03 Å². The summed E-state index contributed by atoms with van der Waals surface area (Å²) in [7, 11) is 0. The minimum Gasteiger partial charge on any atom is -0.322 e. The van der Waals surface area contributed by atoms with E-state index in [4.69, 9.17) is 28.9 Å². The summed E-state index contributed by atoms with van der Waals surface area (Å²) in [5.74, 6) is 0. The third-order valence-corrected chi connectivity index (χ3v) is 5.75. The van der Waals surface area contributed by atoms with Crippen molar-refractivity contribution >= 4 is 6.03 Å². The SMILES string of the molecule is [C-]#[N+]CNCCN(CCN1CCN(CCN(CCNCC#N)CCN(CC#N)CC#N)C1=O)C[N+]#[C-]. The number of carbonyl (C=O) groups excluding carboxylic acids is 1. The molecule has 13 nitrogen and oxygen atoms in total. The second kappa shape index (κ2) is 19.8. The van der Waals surface area contributed by atoms with Crippen LogP contribution in [-0.2, 0) is 0 Å². The average Bonchev–Trinajstić information content (AvgIpc) is 3.23. The lowest BCUT2D eigenvalue weighted by molar-refractivity contribution is 0.172. The van der Waals surface area contributed by atoms with E-state index < -0.39 is 0 Å². The summed E-state index contributed by atoms with van der Waals surface area (Å²) >= 11 is 0. The van der Waals surface area contributed by atoms with Gasteiger partial charge in [-0.2, -0.15) is 15.8 Å². The first kappa shape index (κ1) is 30.6. The van der Waals surface area contributed by atoms with Gasteiger partial charge in [-0.3, -0.25) is 19.5 Å². The maximum Gasteiger partial charge on any atom is 0.320 e. The number of urea groups is 1. The van der Waals surface area contributed by atoms with Gasteiger partial charge in [-0.1, -0.05) is 0 Å². The molecule has 1 heterocycles. The fourth-order valence-corrected chi connectivity index (χ4v) is 3.71. The fraction of sp³-hybridized carbons (Fsp3) is 0.739. The summed E-state index contributed by atoms with van der Waals surface area (Å²) in [5.41, 5.74) is 0. The topological polar surface area (TPSA) is 137 Å². The molecule has 0 aromatic heterocycles. The number of hydrogen-bond donors (Lipinski definition) is 2. The lowest BCUT2D eigenvalue weighted by Crippen LogP contribution is -2.44. The molecule has 0 aromatic rings. The Kier molecular flexibility index (Phi) is 16.8. The molecule has 1 aliphatic rings. The molecule has 0 aromatic carbocycles. The molecule has 13 heteroatoms. The van der Waals surface area contributed by atoms with E-state index in [9.17, 15) is 4.79 Å². The Labute approximate surface area is 214 Å². The normalized spacial score (nSPS) is 13.0. The first-order valence-electron chi connectivity index (χ1n) is 12.0. The first-order chi connectivity index (χ1) is 17.6. The molecule has 2 amide bonds. The van der Waals surface area contributed by atoms with Gasteiger partial charge in [0.05, 0.1) is 37.8 Å². The predicted molar refractivity (Wildman–Crippen MR) is 134 cm³/mol. The van der Waals surface area contributed by atoms with Gasteiger partial charge in [0, 0.05) is 78.5 Å².